The second-order valence-corrected chi connectivity index (χ2v) is 3.21. The van der Waals surface area contributed by atoms with Gasteiger partial charge in [-0.3, -0.25) is 0 Å². The molecule has 0 aromatic heterocycles. The minimum absolute atomic E-state index is 1.07. The van der Waals surface area contributed by atoms with Crippen molar-refractivity contribution in [2.24, 2.45) is 0 Å². The maximum atomic E-state index is 4.76. The van der Waals surface area contributed by atoms with Gasteiger partial charge in [-0.15, -0.1) is 0 Å². The van der Waals surface area contributed by atoms with E-state index in [1.54, 1.807) is 0 Å². The van der Waals surface area contributed by atoms with Crippen molar-refractivity contribution in [1.82, 2.24) is 0 Å². The monoisotopic (exact) mass is 206 g/mol. The van der Waals surface area contributed by atoms with Gasteiger partial charge in [0.15, 0.2) is 0 Å². The first-order chi connectivity index (χ1) is 5.65. The summed E-state index contributed by atoms with van der Waals surface area (Å²) in [6.45, 7) is 6.21. The van der Waals surface area contributed by atoms with Crippen LogP contribution in [0.25, 0.3) is 0 Å². The Morgan fingerprint density at radius 3 is 2.00 bits per heavy atom. The van der Waals surface area contributed by atoms with Gasteiger partial charge in [0.05, 0.1) is 0 Å². The molecule has 1 heteroatoms. The summed E-state index contributed by atoms with van der Waals surface area (Å²) in [5.74, 6) is 2.93. The summed E-state index contributed by atoms with van der Waals surface area (Å²) in [5.41, 5.74) is 4.77. The van der Waals surface area contributed by atoms with Gasteiger partial charge in [-0.25, -0.2) is 0 Å². The second-order valence-electron chi connectivity index (χ2n) is 2.97. The normalized spacial score (nSPS) is 9.08. The van der Waals surface area contributed by atoms with Gasteiger partial charge in [-0.1, -0.05) is 0 Å². The van der Waals surface area contributed by atoms with E-state index in [2.05, 4.69) is 43.6 Å². The molecule has 66 valence electrons. The third-order valence-corrected chi connectivity index (χ3v) is 1.96. The Labute approximate surface area is 82.2 Å². The number of hydrogen-bond donors (Lipinski definition) is 0. The van der Waals surface area contributed by atoms with Crippen LogP contribution in [0.3, 0.4) is 0 Å². The van der Waals surface area contributed by atoms with Gasteiger partial charge < -0.3 is 0 Å². The van der Waals surface area contributed by atoms with Crippen LogP contribution < -0.4 is 0 Å². The van der Waals surface area contributed by atoms with Gasteiger partial charge in [-0.2, -0.15) is 0 Å². The molecule has 0 unspecified atom stereocenters. The summed E-state index contributed by atoms with van der Waals surface area (Å²) in [4.78, 5) is 2.50. The Morgan fingerprint density at radius 1 is 1.08 bits per heavy atom. The fourth-order valence-corrected chi connectivity index (χ4v) is 1.53. The van der Waals surface area contributed by atoms with E-state index < -0.39 is 0 Å². The van der Waals surface area contributed by atoms with Crippen LogP contribution in [0, 0.1) is 31.5 Å². The topological polar surface area (TPSA) is 0 Å². The summed E-state index contributed by atoms with van der Waals surface area (Å²) >= 11 is 4.76. The van der Waals surface area contributed by atoms with Gasteiger partial charge in [0, 0.05) is 0 Å². The van der Waals surface area contributed by atoms with E-state index in [1.165, 1.54) is 16.7 Å². The Morgan fingerprint density at radius 2 is 1.58 bits per heavy atom. The van der Waals surface area contributed by atoms with Crippen LogP contribution in [0.1, 0.15) is 22.3 Å². The molecule has 0 fully saturated rings. The molecule has 0 atom stereocenters. The zero-order valence-electron chi connectivity index (χ0n) is 7.46. The summed E-state index contributed by atoms with van der Waals surface area (Å²) in [7, 11) is 0. The van der Waals surface area contributed by atoms with Gasteiger partial charge in [0.2, 0.25) is 0 Å². The van der Waals surface area contributed by atoms with Crippen LogP contribution >= 0.6 is 0 Å². The molecule has 0 aliphatic heterocycles. The fraction of sp³-hybridized carbons (Fsp3) is 0.273. The van der Waals surface area contributed by atoms with E-state index in [0.717, 1.165) is 5.56 Å². The first-order valence-electron chi connectivity index (χ1n) is 3.81. The Kier molecular flexibility index (Phi) is 2.98. The molecule has 1 rings (SSSR count). The van der Waals surface area contributed by atoms with Crippen molar-refractivity contribution < 1.29 is 16.0 Å². The Bertz CT molecular complexity index is 330. The van der Waals surface area contributed by atoms with Crippen LogP contribution in [0.2, 0.25) is 0 Å². The molecule has 0 aliphatic carbocycles. The van der Waals surface area contributed by atoms with Crippen molar-refractivity contribution in [3.63, 3.8) is 0 Å². The zero-order chi connectivity index (χ0) is 9.14. The Balaban J connectivity index is 3.34. The SMILES string of the molecule is Cc1cc(C)c(C#[C][Cu])c(C)c1. The summed E-state index contributed by atoms with van der Waals surface area (Å²) in [6.07, 6.45) is 0. The van der Waals surface area contributed by atoms with Crippen molar-refractivity contribution in [2.75, 3.05) is 0 Å². The first-order valence-corrected chi connectivity index (χ1v) is 4.28. The molecule has 12 heavy (non-hydrogen) atoms. The minimum atomic E-state index is 1.07. The molecule has 0 N–H and O–H groups in total. The number of benzene rings is 1. The van der Waals surface area contributed by atoms with Gasteiger partial charge in [0.25, 0.3) is 0 Å². The molecule has 1 aromatic carbocycles. The standard InChI is InChI=1S/C11H11.Cu/c1-5-11-9(3)6-8(2)7-10(11)4;/h6-7H,2-4H3;. The zero-order valence-corrected chi connectivity index (χ0v) is 8.40. The maximum absolute atomic E-state index is 4.76. The molecule has 0 radical (unpaired) electrons. The van der Waals surface area contributed by atoms with Crippen molar-refractivity contribution in [2.45, 2.75) is 20.8 Å². The molecule has 0 aliphatic rings. The van der Waals surface area contributed by atoms with Crippen LogP contribution in [0.15, 0.2) is 12.1 Å². The first kappa shape index (κ1) is 9.39. The third kappa shape index (κ3) is 1.91. The summed E-state index contributed by atoms with van der Waals surface area (Å²) in [6, 6.07) is 4.25. The predicted octanol–water partition coefficient (Wildman–Crippen LogP) is 2.47. The van der Waals surface area contributed by atoms with Crippen LogP contribution in [0.4, 0.5) is 0 Å². The molecular formula is C11H11Cu. The van der Waals surface area contributed by atoms with Crippen LogP contribution in [0.5, 0.6) is 0 Å². The number of aryl methyl sites for hydroxylation is 3. The summed E-state index contributed by atoms with van der Waals surface area (Å²) < 4.78 is 0. The van der Waals surface area contributed by atoms with Crippen molar-refractivity contribution in [3.8, 4) is 10.7 Å². The fourth-order valence-electron chi connectivity index (χ4n) is 1.41. The van der Waals surface area contributed by atoms with E-state index in [9.17, 15) is 0 Å². The Hall–Kier alpha value is -0.701. The third-order valence-electron chi connectivity index (χ3n) is 1.84. The van der Waals surface area contributed by atoms with Crippen LogP contribution in [-0.4, -0.2) is 0 Å². The summed E-state index contributed by atoms with van der Waals surface area (Å²) in [5, 5.41) is 0. The average Bonchev–Trinajstić information content (AvgIpc) is 1.96. The van der Waals surface area contributed by atoms with E-state index in [0.29, 0.717) is 0 Å². The molecule has 0 saturated heterocycles. The molecular weight excluding hydrogens is 196 g/mol. The van der Waals surface area contributed by atoms with E-state index >= 15 is 0 Å². The number of hydrogen-bond acceptors (Lipinski definition) is 0. The quantitative estimate of drug-likeness (QED) is 0.452. The van der Waals surface area contributed by atoms with E-state index in [-0.39, 0.29) is 0 Å². The van der Waals surface area contributed by atoms with Crippen molar-refractivity contribution in [1.29, 1.82) is 0 Å². The molecule has 1 aromatic rings. The van der Waals surface area contributed by atoms with E-state index in [1.807, 2.05) is 0 Å². The van der Waals surface area contributed by atoms with Crippen LogP contribution in [-0.2, 0) is 16.0 Å². The predicted molar refractivity (Wildman–Crippen MR) is 47.5 cm³/mol. The second kappa shape index (κ2) is 3.81. The van der Waals surface area contributed by atoms with Crippen molar-refractivity contribution in [3.05, 3.63) is 34.4 Å². The molecule has 0 bridgehead atoms. The molecule has 0 spiro atoms. The van der Waals surface area contributed by atoms with Gasteiger partial charge in [-0.05, 0) is 0 Å². The number of rotatable bonds is 0. The van der Waals surface area contributed by atoms with E-state index in [4.69, 9.17) is 16.0 Å². The molecule has 0 saturated carbocycles. The molecule has 0 heterocycles. The molecule has 0 nitrogen and oxygen atoms in total. The van der Waals surface area contributed by atoms with Gasteiger partial charge in [0.1, 0.15) is 0 Å². The van der Waals surface area contributed by atoms with Gasteiger partial charge >= 0.3 is 81.9 Å². The average molecular weight is 207 g/mol. The van der Waals surface area contributed by atoms with Crippen molar-refractivity contribution >= 4 is 0 Å². The molecule has 0 amide bonds.